The van der Waals surface area contributed by atoms with Crippen molar-refractivity contribution in [3.05, 3.63) is 34.3 Å². The minimum atomic E-state index is -0.920. The van der Waals surface area contributed by atoms with Gasteiger partial charge in [-0.3, -0.25) is 4.79 Å². The maximum absolute atomic E-state index is 11.9. The number of carboxylic acid groups (broad SMARTS) is 1. The minimum Gasteiger partial charge on any atom is -0.481 e. The first-order valence-electron chi connectivity index (χ1n) is 6.08. The van der Waals surface area contributed by atoms with Crippen LogP contribution < -0.4 is 5.32 Å². The summed E-state index contributed by atoms with van der Waals surface area (Å²) in [5, 5.41) is 11.8. The topological polar surface area (TPSA) is 69.6 Å². The molecule has 1 aromatic carbocycles. The summed E-state index contributed by atoms with van der Waals surface area (Å²) in [5.74, 6) is -0.920. The molecule has 6 heteroatoms. The molecule has 0 bridgehead atoms. The van der Waals surface area contributed by atoms with Gasteiger partial charge in [0.25, 0.3) is 0 Å². The predicted octanol–water partition coefficient (Wildman–Crippen LogP) is 1.88. The molecule has 0 atom stereocenters. The Morgan fingerprint density at radius 2 is 2.16 bits per heavy atom. The highest BCUT2D eigenvalue weighted by Gasteiger charge is 2.20. The van der Waals surface area contributed by atoms with Gasteiger partial charge in [0.05, 0.1) is 6.42 Å². The fourth-order valence-electron chi connectivity index (χ4n) is 2.09. The van der Waals surface area contributed by atoms with Gasteiger partial charge in [0.15, 0.2) is 0 Å². The van der Waals surface area contributed by atoms with Crippen molar-refractivity contribution in [2.24, 2.45) is 0 Å². The van der Waals surface area contributed by atoms with E-state index in [1.807, 2.05) is 18.2 Å². The molecule has 0 saturated carbocycles. The molecule has 0 aliphatic carbocycles. The van der Waals surface area contributed by atoms with Gasteiger partial charge in [-0.25, -0.2) is 4.79 Å². The summed E-state index contributed by atoms with van der Waals surface area (Å²) in [4.78, 5) is 23.9. The highest BCUT2D eigenvalue weighted by Crippen LogP contribution is 2.22. The van der Waals surface area contributed by atoms with E-state index in [1.165, 1.54) is 5.56 Å². The third kappa shape index (κ3) is 3.61. The van der Waals surface area contributed by atoms with Crippen LogP contribution in [-0.4, -0.2) is 35.1 Å². The number of rotatable bonds is 3. The Morgan fingerprint density at radius 3 is 2.89 bits per heavy atom. The fourth-order valence-corrected chi connectivity index (χ4v) is 2.28. The second kappa shape index (κ2) is 5.93. The van der Waals surface area contributed by atoms with Crippen molar-refractivity contribution in [3.63, 3.8) is 0 Å². The molecular formula is C13H15ClN2O3. The van der Waals surface area contributed by atoms with Crippen molar-refractivity contribution in [1.82, 2.24) is 10.2 Å². The van der Waals surface area contributed by atoms with Crippen LogP contribution in [0.25, 0.3) is 0 Å². The van der Waals surface area contributed by atoms with E-state index >= 15 is 0 Å². The second-order valence-electron chi connectivity index (χ2n) is 4.46. The van der Waals surface area contributed by atoms with Crippen molar-refractivity contribution in [2.45, 2.75) is 19.4 Å². The zero-order valence-corrected chi connectivity index (χ0v) is 11.1. The van der Waals surface area contributed by atoms with Crippen molar-refractivity contribution in [3.8, 4) is 0 Å². The van der Waals surface area contributed by atoms with E-state index in [9.17, 15) is 9.59 Å². The van der Waals surface area contributed by atoms with Crippen molar-refractivity contribution >= 4 is 23.6 Å². The van der Waals surface area contributed by atoms with Gasteiger partial charge in [-0.2, -0.15) is 0 Å². The average Bonchev–Trinajstić information content (AvgIpc) is 2.37. The molecule has 102 valence electrons. The number of aliphatic carboxylic acids is 1. The Balaban J connectivity index is 1.93. The van der Waals surface area contributed by atoms with Gasteiger partial charge in [0.1, 0.15) is 0 Å². The van der Waals surface area contributed by atoms with E-state index in [0.29, 0.717) is 18.1 Å². The molecule has 2 amide bonds. The molecule has 5 nitrogen and oxygen atoms in total. The quantitative estimate of drug-likeness (QED) is 0.889. The van der Waals surface area contributed by atoms with E-state index in [4.69, 9.17) is 16.7 Å². The van der Waals surface area contributed by atoms with E-state index < -0.39 is 5.97 Å². The van der Waals surface area contributed by atoms with Gasteiger partial charge in [-0.05, 0) is 29.7 Å². The maximum atomic E-state index is 11.9. The normalized spacial score (nSPS) is 13.8. The van der Waals surface area contributed by atoms with Gasteiger partial charge in [0, 0.05) is 24.7 Å². The molecular weight excluding hydrogens is 268 g/mol. The third-order valence-corrected chi connectivity index (χ3v) is 3.32. The number of urea groups is 1. The molecule has 1 aliphatic heterocycles. The summed E-state index contributed by atoms with van der Waals surface area (Å²) < 4.78 is 0. The molecule has 2 N–H and O–H groups in total. The Morgan fingerprint density at radius 1 is 1.37 bits per heavy atom. The fraction of sp³-hybridized carbons (Fsp3) is 0.385. The van der Waals surface area contributed by atoms with Crippen LogP contribution in [0.4, 0.5) is 4.79 Å². The highest BCUT2D eigenvalue weighted by atomic mass is 35.5. The first-order valence-corrected chi connectivity index (χ1v) is 6.46. The Labute approximate surface area is 116 Å². The highest BCUT2D eigenvalue weighted by molar-refractivity contribution is 6.30. The van der Waals surface area contributed by atoms with E-state index in [1.54, 1.807) is 4.90 Å². The van der Waals surface area contributed by atoms with E-state index in [0.717, 1.165) is 12.0 Å². The van der Waals surface area contributed by atoms with Gasteiger partial charge >= 0.3 is 12.0 Å². The molecule has 0 saturated heterocycles. The lowest BCUT2D eigenvalue weighted by Gasteiger charge is -2.29. The average molecular weight is 283 g/mol. The number of amides is 2. The number of nitrogens with zero attached hydrogens (tertiary/aromatic N) is 1. The maximum Gasteiger partial charge on any atom is 0.317 e. The van der Waals surface area contributed by atoms with Crippen LogP contribution in [0.5, 0.6) is 0 Å². The third-order valence-electron chi connectivity index (χ3n) is 3.08. The number of carbonyl (C=O) groups is 2. The number of hydrogen-bond acceptors (Lipinski definition) is 2. The number of carboxylic acids is 1. The summed E-state index contributed by atoms with van der Waals surface area (Å²) in [6.45, 7) is 1.29. The lowest BCUT2D eigenvalue weighted by Crippen LogP contribution is -2.43. The van der Waals surface area contributed by atoms with Crippen molar-refractivity contribution in [2.75, 3.05) is 13.1 Å². The monoisotopic (exact) mass is 282 g/mol. The molecule has 0 aromatic heterocycles. The first kappa shape index (κ1) is 13.7. The van der Waals surface area contributed by atoms with E-state index in [-0.39, 0.29) is 19.0 Å². The molecule has 0 radical (unpaired) electrons. The Bertz CT molecular complexity index is 505. The summed E-state index contributed by atoms with van der Waals surface area (Å²) in [6.07, 6.45) is 0.723. The van der Waals surface area contributed by atoms with Crippen LogP contribution in [0.15, 0.2) is 18.2 Å². The minimum absolute atomic E-state index is 0.0675. The molecule has 1 heterocycles. The van der Waals surface area contributed by atoms with Gasteiger partial charge < -0.3 is 15.3 Å². The predicted molar refractivity (Wildman–Crippen MR) is 71.2 cm³/mol. The summed E-state index contributed by atoms with van der Waals surface area (Å²) in [5.41, 5.74) is 2.26. The molecule has 0 unspecified atom stereocenters. The lowest BCUT2D eigenvalue weighted by atomic mass is 10.0. The van der Waals surface area contributed by atoms with Crippen LogP contribution >= 0.6 is 11.6 Å². The molecule has 0 fully saturated rings. The SMILES string of the molecule is O=C(O)CCNC(=O)N1CCc2ccc(Cl)cc2C1. The summed E-state index contributed by atoms with van der Waals surface area (Å²) >= 11 is 5.94. The van der Waals surface area contributed by atoms with Crippen LogP contribution in [0.3, 0.4) is 0 Å². The van der Waals surface area contributed by atoms with Gasteiger partial charge in [-0.1, -0.05) is 17.7 Å². The molecule has 1 aromatic rings. The largest absolute Gasteiger partial charge is 0.481 e. The number of hydrogen-bond donors (Lipinski definition) is 2. The van der Waals surface area contributed by atoms with E-state index in [2.05, 4.69) is 5.32 Å². The Hall–Kier alpha value is -1.75. The number of fused-ring (bicyclic) bond motifs is 1. The smallest absolute Gasteiger partial charge is 0.317 e. The molecule has 0 spiro atoms. The zero-order valence-electron chi connectivity index (χ0n) is 10.4. The van der Waals surface area contributed by atoms with Gasteiger partial charge in [0.2, 0.25) is 0 Å². The number of nitrogens with one attached hydrogen (secondary N) is 1. The number of carbonyl (C=O) groups excluding carboxylic acids is 1. The van der Waals surface area contributed by atoms with Crippen molar-refractivity contribution in [1.29, 1.82) is 0 Å². The van der Waals surface area contributed by atoms with Crippen LogP contribution in [0, 0.1) is 0 Å². The lowest BCUT2D eigenvalue weighted by molar-refractivity contribution is -0.136. The summed E-state index contributed by atoms with van der Waals surface area (Å²) in [6, 6.07) is 5.47. The van der Waals surface area contributed by atoms with Crippen LogP contribution in [-0.2, 0) is 17.8 Å². The number of halogens is 1. The number of benzene rings is 1. The van der Waals surface area contributed by atoms with Crippen molar-refractivity contribution < 1.29 is 14.7 Å². The molecule has 2 rings (SSSR count). The van der Waals surface area contributed by atoms with Gasteiger partial charge in [-0.15, -0.1) is 0 Å². The Kier molecular flexibility index (Phi) is 4.27. The second-order valence-corrected chi connectivity index (χ2v) is 4.90. The van der Waals surface area contributed by atoms with Crippen LogP contribution in [0.2, 0.25) is 5.02 Å². The first-order chi connectivity index (χ1) is 9.06. The summed E-state index contributed by atoms with van der Waals surface area (Å²) in [7, 11) is 0. The zero-order chi connectivity index (χ0) is 13.8. The van der Waals surface area contributed by atoms with Crippen LogP contribution in [0.1, 0.15) is 17.5 Å². The molecule has 19 heavy (non-hydrogen) atoms. The standard InChI is InChI=1S/C13H15ClN2O3/c14-11-2-1-9-4-6-16(8-10(9)7-11)13(19)15-5-3-12(17)18/h1-2,7H,3-6,8H2,(H,15,19)(H,17,18). The molecule has 1 aliphatic rings.